The minimum absolute atomic E-state index is 0.185. The topological polar surface area (TPSA) is 74.7 Å². The van der Waals surface area contributed by atoms with Crippen molar-refractivity contribution in [3.05, 3.63) is 17.0 Å². The molecule has 0 amide bonds. The summed E-state index contributed by atoms with van der Waals surface area (Å²) in [7, 11) is -2.42. The number of sulfonamides is 1. The van der Waals surface area contributed by atoms with Crippen molar-refractivity contribution in [2.75, 3.05) is 7.05 Å². The third-order valence-corrected chi connectivity index (χ3v) is 6.15. The highest BCUT2D eigenvalue weighted by molar-refractivity contribution is 7.91. The molecule has 96 valence electrons. The lowest BCUT2D eigenvalue weighted by Gasteiger charge is -2.19. The standard InChI is InChI=1S/C10H15NO4S2/c1-4-8-5-6-9(16-8)17(14,15)11(3)7(2)10(12)13/h5-7H,4H2,1-3H3,(H,12,13). The van der Waals surface area contributed by atoms with E-state index in [0.29, 0.717) is 0 Å². The molecule has 0 bridgehead atoms. The Morgan fingerprint density at radius 3 is 2.53 bits per heavy atom. The fraction of sp³-hybridized carbons (Fsp3) is 0.500. The lowest BCUT2D eigenvalue weighted by molar-refractivity contribution is -0.140. The Hall–Kier alpha value is -0.920. The molecule has 1 aromatic heterocycles. The van der Waals surface area contributed by atoms with Crippen molar-refractivity contribution in [1.29, 1.82) is 0 Å². The van der Waals surface area contributed by atoms with Gasteiger partial charge in [0, 0.05) is 11.9 Å². The second-order valence-electron chi connectivity index (χ2n) is 3.61. The van der Waals surface area contributed by atoms with Crippen molar-refractivity contribution in [1.82, 2.24) is 4.31 Å². The zero-order valence-electron chi connectivity index (χ0n) is 9.87. The first-order chi connectivity index (χ1) is 7.80. The first-order valence-electron chi connectivity index (χ1n) is 5.10. The Bertz CT molecular complexity index is 506. The number of aliphatic carboxylic acids is 1. The van der Waals surface area contributed by atoms with E-state index >= 15 is 0 Å². The van der Waals surface area contributed by atoms with E-state index in [1.54, 1.807) is 6.07 Å². The number of carboxylic acid groups (broad SMARTS) is 1. The van der Waals surface area contributed by atoms with Crippen LogP contribution in [-0.4, -0.2) is 36.9 Å². The number of hydrogen-bond acceptors (Lipinski definition) is 4. The van der Waals surface area contributed by atoms with Crippen LogP contribution in [-0.2, 0) is 21.2 Å². The Morgan fingerprint density at radius 1 is 1.53 bits per heavy atom. The van der Waals surface area contributed by atoms with Gasteiger partial charge in [-0.3, -0.25) is 4.79 Å². The van der Waals surface area contributed by atoms with Gasteiger partial charge in [-0.05, 0) is 25.5 Å². The van der Waals surface area contributed by atoms with Gasteiger partial charge in [0.25, 0.3) is 10.0 Å². The molecule has 0 radical (unpaired) electrons. The van der Waals surface area contributed by atoms with Crippen LogP contribution in [0.4, 0.5) is 0 Å². The Kier molecular flexibility index (Phi) is 4.29. The number of aryl methyl sites for hydroxylation is 1. The third-order valence-electron chi connectivity index (χ3n) is 2.52. The molecule has 1 aromatic rings. The van der Waals surface area contributed by atoms with Gasteiger partial charge in [0.2, 0.25) is 0 Å². The second kappa shape index (κ2) is 5.16. The van der Waals surface area contributed by atoms with E-state index in [9.17, 15) is 13.2 Å². The van der Waals surface area contributed by atoms with Crippen LogP contribution in [0.15, 0.2) is 16.3 Å². The van der Waals surface area contributed by atoms with Crippen LogP contribution in [0.3, 0.4) is 0 Å². The Balaban J connectivity index is 3.06. The average molecular weight is 277 g/mol. The van der Waals surface area contributed by atoms with Crippen LogP contribution in [0.5, 0.6) is 0 Å². The number of likely N-dealkylation sites (N-methyl/N-ethyl adjacent to an activating group) is 1. The summed E-state index contributed by atoms with van der Waals surface area (Å²) in [6.07, 6.45) is 0.762. The maximum atomic E-state index is 12.1. The first kappa shape index (κ1) is 14.1. The largest absolute Gasteiger partial charge is 0.480 e. The van der Waals surface area contributed by atoms with Crippen molar-refractivity contribution < 1.29 is 18.3 Å². The molecule has 0 spiro atoms. The molecular weight excluding hydrogens is 262 g/mol. The minimum Gasteiger partial charge on any atom is -0.480 e. The highest BCUT2D eigenvalue weighted by Crippen LogP contribution is 2.25. The normalized spacial score (nSPS) is 13.9. The number of rotatable bonds is 5. The molecule has 17 heavy (non-hydrogen) atoms. The van der Waals surface area contributed by atoms with E-state index in [1.165, 1.54) is 31.4 Å². The van der Waals surface area contributed by atoms with Gasteiger partial charge in [-0.25, -0.2) is 8.42 Å². The minimum atomic E-state index is -3.70. The van der Waals surface area contributed by atoms with Gasteiger partial charge in [-0.2, -0.15) is 4.31 Å². The molecule has 0 fully saturated rings. The average Bonchev–Trinajstić information content (AvgIpc) is 2.75. The van der Waals surface area contributed by atoms with Gasteiger partial charge in [0.05, 0.1) is 0 Å². The van der Waals surface area contributed by atoms with Crippen molar-refractivity contribution in [3.8, 4) is 0 Å². The summed E-state index contributed by atoms with van der Waals surface area (Å²) in [5, 5.41) is 8.81. The molecule has 1 unspecified atom stereocenters. The van der Waals surface area contributed by atoms with Gasteiger partial charge in [-0.1, -0.05) is 6.92 Å². The summed E-state index contributed by atoms with van der Waals surface area (Å²) in [4.78, 5) is 11.7. The van der Waals surface area contributed by atoms with Crippen molar-refractivity contribution in [2.45, 2.75) is 30.5 Å². The summed E-state index contributed by atoms with van der Waals surface area (Å²) in [6, 6.07) is 2.19. The van der Waals surface area contributed by atoms with Crippen molar-refractivity contribution >= 4 is 27.3 Å². The fourth-order valence-corrected chi connectivity index (χ4v) is 3.99. The summed E-state index contributed by atoms with van der Waals surface area (Å²) in [6.45, 7) is 3.28. The molecule has 0 aromatic carbocycles. The molecule has 1 atom stereocenters. The molecule has 0 saturated heterocycles. The zero-order valence-corrected chi connectivity index (χ0v) is 11.5. The smallest absolute Gasteiger partial charge is 0.321 e. The molecule has 0 saturated carbocycles. The molecule has 0 aliphatic heterocycles. The predicted molar refractivity (Wildman–Crippen MR) is 65.7 cm³/mol. The highest BCUT2D eigenvalue weighted by atomic mass is 32.2. The number of carboxylic acids is 1. The van der Waals surface area contributed by atoms with Crippen LogP contribution in [0.2, 0.25) is 0 Å². The summed E-state index contributed by atoms with van der Waals surface area (Å²) in [5.41, 5.74) is 0. The molecular formula is C10H15NO4S2. The lowest BCUT2D eigenvalue weighted by atomic mass is 10.4. The monoisotopic (exact) mass is 277 g/mol. The Morgan fingerprint density at radius 2 is 2.12 bits per heavy atom. The van der Waals surface area contributed by atoms with E-state index in [-0.39, 0.29) is 4.21 Å². The van der Waals surface area contributed by atoms with Gasteiger partial charge in [-0.15, -0.1) is 11.3 Å². The van der Waals surface area contributed by atoms with Gasteiger partial charge in [0.1, 0.15) is 10.3 Å². The lowest BCUT2D eigenvalue weighted by Crippen LogP contribution is -2.39. The molecule has 0 aliphatic carbocycles. The SMILES string of the molecule is CCc1ccc(S(=O)(=O)N(C)C(C)C(=O)O)s1. The van der Waals surface area contributed by atoms with E-state index in [2.05, 4.69) is 0 Å². The molecule has 7 heteroatoms. The van der Waals surface area contributed by atoms with Gasteiger partial charge >= 0.3 is 5.97 Å². The predicted octanol–water partition coefficient (Wildman–Crippen LogP) is 1.40. The third kappa shape index (κ3) is 2.85. The van der Waals surface area contributed by atoms with Gasteiger partial charge < -0.3 is 5.11 Å². The fourth-order valence-electron chi connectivity index (χ4n) is 1.19. The molecule has 5 nitrogen and oxygen atoms in total. The Labute approximate surface area is 105 Å². The second-order valence-corrected chi connectivity index (χ2v) is 7.00. The van der Waals surface area contributed by atoms with Gasteiger partial charge in [0.15, 0.2) is 0 Å². The number of thiophene rings is 1. The molecule has 1 heterocycles. The van der Waals surface area contributed by atoms with Crippen LogP contribution >= 0.6 is 11.3 Å². The van der Waals surface area contributed by atoms with Crippen molar-refractivity contribution in [3.63, 3.8) is 0 Å². The quantitative estimate of drug-likeness (QED) is 0.883. The van der Waals surface area contributed by atoms with Crippen LogP contribution in [0.25, 0.3) is 0 Å². The maximum absolute atomic E-state index is 12.1. The van der Waals surface area contributed by atoms with Crippen molar-refractivity contribution in [2.24, 2.45) is 0 Å². The molecule has 1 rings (SSSR count). The number of hydrogen-bond donors (Lipinski definition) is 1. The summed E-state index contributed by atoms with van der Waals surface area (Å²) >= 11 is 1.17. The summed E-state index contributed by atoms with van der Waals surface area (Å²) in [5.74, 6) is -1.16. The van der Waals surface area contributed by atoms with Crippen LogP contribution in [0.1, 0.15) is 18.7 Å². The number of carbonyl (C=O) groups is 1. The number of nitrogens with zero attached hydrogens (tertiary/aromatic N) is 1. The maximum Gasteiger partial charge on any atom is 0.321 e. The van der Waals surface area contributed by atoms with E-state index in [0.717, 1.165) is 15.6 Å². The van der Waals surface area contributed by atoms with E-state index < -0.39 is 22.0 Å². The zero-order chi connectivity index (χ0) is 13.2. The van der Waals surface area contributed by atoms with Crippen LogP contribution in [0, 0.1) is 0 Å². The molecule has 1 N–H and O–H groups in total. The molecule has 0 aliphatic rings. The van der Waals surface area contributed by atoms with E-state index in [1.807, 2.05) is 6.92 Å². The highest BCUT2D eigenvalue weighted by Gasteiger charge is 2.30. The van der Waals surface area contributed by atoms with Crippen LogP contribution < -0.4 is 0 Å². The van der Waals surface area contributed by atoms with E-state index in [4.69, 9.17) is 5.11 Å². The first-order valence-corrected chi connectivity index (χ1v) is 7.36. The summed E-state index contributed by atoms with van der Waals surface area (Å²) < 4.78 is 25.2.